The van der Waals surface area contributed by atoms with Crippen LogP contribution in [0.2, 0.25) is 0 Å². The number of nitrogens with one attached hydrogen (secondary N) is 1. The van der Waals surface area contributed by atoms with E-state index in [-0.39, 0.29) is 12.2 Å². The molecule has 0 radical (unpaired) electrons. The highest BCUT2D eigenvalue weighted by atomic mass is 19.1. The summed E-state index contributed by atoms with van der Waals surface area (Å²) in [6.07, 6.45) is 0.0116. The fourth-order valence-corrected chi connectivity index (χ4v) is 1.84. The zero-order valence-electron chi connectivity index (χ0n) is 10.5. The topological polar surface area (TPSA) is 49.3 Å². The van der Waals surface area contributed by atoms with E-state index in [1.54, 1.807) is 18.2 Å². The molecule has 2 aromatic rings. The summed E-state index contributed by atoms with van der Waals surface area (Å²) in [6, 6.07) is 11.5. The van der Waals surface area contributed by atoms with Gasteiger partial charge in [0.1, 0.15) is 5.82 Å². The average Bonchev–Trinajstić information content (AvgIpc) is 2.34. The molecule has 0 amide bonds. The number of benzene rings is 2. The molecular weight excluding hydrogens is 245 g/mol. The van der Waals surface area contributed by atoms with E-state index < -0.39 is 5.97 Å². The molecule has 2 aromatic carbocycles. The van der Waals surface area contributed by atoms with E-state index in [4.69, 9.17) is 5.11 Å². The van der Waals surface area contributed by atoms with Gasteiger partial charge in [0.2, 0.25) is 0 Å². The summed E-state index contributed by atoms with van der Waals surface area (Å²) in [5.74, 6) is -1.13. The molecule has 19 heavy (non-hydrogen) atoms. The van der Waals surface area contributed by atoms with E-state index in [0.717, 1.165) is 22.5 Å². The van der Waals surface area contributed by atoms with Gasteiger partial charge in [0.05, 0.1) is 6.42 Å². The van der Waals surface area contributed by atoms with E-state index in [0.29, 0.717) is 0 Å². The Kier molecular flexibility index (Phi) is 3.80. The molecule has 0 aromatic heterocycles. The summed E-state index contributed by atoms with van der Waals surface area (Å²) in [5, 5.41) is 11.9. The lowest BCUT2D eigenvalue weighted by atomic mass is 10.1. The number of aliphatic carboxylic acids is 1. The standard InChI is InChI=1S/C15H14FNO2/c1-10-8-11(9-15(18)19)2-7-14(10)17-13-5-3-12(16)4-6-13/h2-8,17H,9H2,1H3,(H,18,19). The molecule has 0 atom stereocenters. The normalized spacial score (nSPS) is 10.2. The Hall–Kier alpha value is -2.36. The minimum atomic E-state index is -0.848. The van der Waals surface area contributed by atoms with Crippen molar-refractivity contribution in [2.45, 2.75) is 13.3 Å². The number of hydrogen-bond acceptors (Lipinski definition) is 2. The third kappa shape index (κ3) is 3.55. The van der Waals surface area contributed by atoms with Crippen molar-refractivity contribution in [2.75, 3.05) is 5.32 Å². The lowest BCUT2D eigenvalue weighted by molar-refractivity contribution is -0.136. The number of halogens is 1. The molecule has 3 nitrogen and oxygen atoms in total. The van der Waals surface area contributed by atoms with E-state index in [9.17, 15) is 9.18 Å². The zero-order valence-corrected chi connectivity index (χ0v) is 10.5. The summed E-state index contributed by atoms with van der Waals surface area (Å²) >= 11 is 0. The highest BCUT2D eigenvalue weighted by Gasteiger charge is 2.04. The first-order chi connectivity index (χ1) is 9.04. The second-order valence-corrected chi connectivity index (χ2v) is 4.35. The van der Waals surface area contributed by atoms with Crippen molar-refractivity contribution in [1.29, 1.82) is 0 Å². The van der Waals surface area contributed by atoms with E-state index >= 15 is 0 Å². The Bertz CT molecular complexity index is 594. The molecule has 0 aliphatic heterocycles. The number of anilines is 2. The van der Waals surface area contributed by atoms with Crippen molar-refractivity contribution in [3.8, 4) is 0 Å². The van der Waals surface area contributed by atoms with Gasteiger partial charge in [0.25, 0.3) is 0 Å². The lowest BCUT2D eigenvalue weighted by Gasteiger charge is -2.10. The van der Waals surface area contributed by atoms with Crippen molar-refractivity contribution in [3.63, 3.8) is 0 Å². The van der Waals surface area contributed by atoms with Crippen LogP contribution in [-0.2, 0) is 11.2 Å². The molecule has 98 valence electrons. The molecule has 0 bridgehead atoms. The summed E-state index contributed by atoms with van der Waals surface area (Å²) in [5.41, 5.74) is 3.37. The maximum atomic E-state index is 12.8. The van der Waals surface area contributed by atoms with Crippen LogP contribution in [0.4, 0.5) is 15.8 Å². The molecule has 0 aliphatic rings. The lowest BCUT2D eigenvalue weighted by Crippen LogP contribution is -2.01. The van der Waals surface area contributed by atoms with Crippen molar-refractivity contribution in [2.24, 2.45) is 0 Å². The van der Waals surface area contributed by atoms with Gasteiger partial charge in [-0.1, -0.05) is 12.1 Å². The quantitative estimate of drug-likeness (QED) is 0.883. The maximum Gasteiger partial charge on any atom is 0.307 e. The largest absolute Gasteiger partial charge is 0.481 e. The number of hydrogen-bond donors (Lipinski definition) is 2. The molecule has 0 saturated heterocycles. The van der Waals surface area contributed by atoms with Crippen molar-refractivity contribution in [1.82, 2.24) is 0 Å². The Balaban J connectivity index is 2.17. The molecule has 0 aliphatic carbocycles. The number of carboxylic acids is 1. The SMILES string of the molecule is Cc1cc(CC(=O)O)ccc1Nc1ccc(F)cc1. The minimum absolute atomic E-state index is 0.0116. The Morgan fingerprint density at radius 3 is 2.47 bits per heavy atom. The monoisotopic (exact) mass is 259 g/mol. The summed E-state index contributed by atoms with van der Waals surface area (Å²) in [6.45, 7) is 1.90. The van der Waals surface area contributed by atoms with Gasteiger partial charge in [-0.3, -0.25) is 4.79 Å². The number of carboxylic acid groups (broad SMARTS) is 1. The summed E-state index contributed by atoms with van der Waals surface area (Å²) in [4.78, 5) is 10.6. The first kappa shape index (κ1) is 13.1. The number of aryl methyl sites for hydroxylation is 1. The molecule has 4 heteroatoms. The van der Waals surface area contributed by atoms with Gasteiger partial charge < -0.3 is 10.4 Å². The van der Waals surface area contributed by atoms with Gasteiger partial charge in [0.15, 0.2) is 0 Å². The predicted molar refractivity (Wildman–Crippen MR) is 72.2 cm³/mol. The molecule has 0 unspecified atom stereocenters. The highest BCUT2D eigenvalue weighted by Crippen LogP contribution is 2.22. The third-order valence-corrected chi connectivity index (χ3v) is 2.77. The summed E-state index contributed by atoms with van der Waals surface area (Å²) < 4.78 is 12.8. The van der Waals surface area contributed by atoms with Gasteiger partial charge in [-0.05, 0) is 48.4 Å². The zero-order chi connectivity index (χ0) is 13.8. The van der Waals surface area contributed by atoms with Crippen LogP contribution in [0.5, 0.6) is 0 Å². The van der Waals surface area contributed by atoms with Gasteiger partial charge in [-0.25, -0.2) is 4.39 Å². The van der Waals surface area contributed by atoms with Gasteiger partial charge in [-0.15, -0.1) is 0 Å². The van der Waals surface area contributed by atoms with Crippen molar-refractivity contribution >= 4 is 17.3 Å². The van der Waals surface area contributed by atoms with E-state index in [1.165, 1.54) is 12.1 Å². The second-order valence-electron chi connectivity index (χ2n) is 4.35. The first-order valence-corrected chi connectivity index (χ1v) is 5.88. The Morgan fingerprint density at radius 1 is 1.21 bits per heavy atom. The van der Waals surface area contributed by atoms with Crippen LogP contribution < -0.4 is 5.32 Å². The van der Waals surface area contributed by atoms with Crippen LogP contribution in [0.3, 0.4) is 0 Å². The fourth-order valence-electron chi connectivity index (χ4n) is 1.84. The minimum Gasteiger partial charge on any atom is -0.481 e. The third-order valence-electron chi connectivity index (χ3n) is 2.77. The molecular formula is C15H14FNO2. The molecule has 0 heterocycles. The number of rotatable bonds is 4. The van der Waals surface area contributed by atoms with E-state index in [2.05, 4.69) is 5.32 Å². The van der Waals surface area contributed by atoms with Crippen LogP contribution in [0.25, 0.3) is 0 Å². The summed E-state index contributed by atoms with van der Waals surface area (Å²) in [7, 11) is 0. The van der Waals surface area contributed by atoms with Gasteiger partial charge in [-0.2, -0.15) is 0 Å². The molecule has 0 fully saturated rings. The van der Waals surface area contributed by atoms with Gasteiger partial charge >= 0.3 is 5.97 Å². The fraction of sp³-hybridized carbons (Fsp3) is 0.133. The Labute approximate surface area is 110 Å². The maximum absolute atomic E-state index is 12.8. The van der Waals surface area contributed by atoms with Crippen molar-refractivity contribution in [3.05, 3.63) is 59.4 Å². The first-order valence-electron chi connectivity index (χ1n) is 5.88. The number of carbonyl (C=O) groups is 1. The highest BCUT2D eigenvalue weighted by molar-refractivity contribution is 5.71. The van der Waals surface area contributed by atoms with Crippen LogP contribution in [0, 0.1) is 12.7 Å². The van der Waals surface area contributed by atoms with Gasteiger partial charge in [0, 0.05) is 11.4 Å². The van der Waals surface area contributed by atoms with Crippen LogP contribution in [0.15, 0.2) is 42.5 Å². The van der Waals surface area contributed by atoms with Crippen LogP contribution in [0.1, 0.15) is 11.1 Å². The molecule has 0 saturated carbocycles. The molecule has 0 spiro atoms. The van der Waals surface area contributed by atoms with Crippen molar-refractivity contribution < 1.29 is 14.3 Å². The van der Waals surface area contributed by atoms with Crippen LogP contribution in [-0.4, -0.2) is 11.1 Å². The second kappa shape index (κ2) is 5.52. The van der Waals surface area contributed by atoms with E-state index in [1.807, 2.05) is 19.1 Å². The molecule has 2 N–H and O–H groups in total. The Morgan fingerprint density at radius 2 is 1.89 bits per heavy atom. The smallest absolute Gasteiger partial charge is 0.307 e. The van der Waals surface area contributed by atoms with Crippen LogP contribution >= 0.6 is 0 Å². The average molecular weight is 259 g/mol. The molecule has 2 rings (SSSR count). The predicted octanol–water partition coefficient (Wildman–Crippen LogP) is 3.50.